The largest absolute Gasteiger partial charge is 0.444 e. The zero-order valence-corrected chi connectivity index (χ0v) is 18.8. The molecule has 3 amide bonds. The Morgan fingerprint density at radius 1 is 1.03 bits per heavy atom. The van der Waals surface area contributed by atoms with Crippen LogP contribution < -0.4 is 5.32 Å². The van der Waals surface area contributed by atoms with Crippen LogP contribution in [-0.2, 0) is 15.7 Å². The first-order valence-corrected chi connectivity index (χ1v) is 10.3. The third-order valence-corrected chi connectivity index (χ3v) is 4.79. The fourth-order valence-electron chi connectivity index (χ4n) is 3.12. The van der Waals surface area contributed by atoms with E-state index in [2.05, 4.69) is 10.3 Å². The third kappa shape index (κ3) is 6.83. The van der Waals surface area contributed by atoms with Crippen LogP contribution in [0, 0.1) is 5.92 Å². The normalized spacial score (nSPS) is 16.0. The maximum Gasteiger partial charge on any atom is 0.417 e. The molecule has 1 fully saturated rings. The highest BCUT2D eigenvalue weighted by atomic mass is 19.4. The Morgan fingerprint density at radius 3 is 2.03 bits per heavy atom. The number of hydrogen-bond donors (Lipinski definition) is 1. The summed E-state index contributed by atoms with van der Waals surface area (Å²) in [4.78, 5) is 44.2. The maximum absolute atomic E-state index is 13.0. The summed E-state index contributed by atoms with van der Waals surface area (Å²) in [6, 6.07) is 1.07. The number of pyridine rings is 1. The molecule has 1 atom stereocenters. The van der Waals surface area contributed by atoms with Crippen molar-refractivity contribution in [3.8, 4) is 0 Å². The predicted octanol–water partition coefficient (Wildman–Crippen LogP) is 2.93. The number of carbonyl (C=O) groups excluding carboxylic acids is 3. The Labute approximate surface area is 185 Å². The molecule has 0 radical (unpaired) electrons. The second-order valence-electron chi connectivity index (χ2n) is 8.92. The van der Waals surface area contributed by atoms with Crippen molar-refractivity contribution in [3.63, 3.8) is 0 Å². The van der Waals surface area contributed by atoms with Gasteiger partial charge in [0.2, 0.25) is 5.91 Å². The molecule has 1 N–H and O–H groups in total. The molecule has 0 bridgehead atoms. The number of rotatable bonds is 4. The van der Waals surface area contributed by atoms with Crippen molar-refractivity contribution >= 4 is 17.9 Å². The van der Waals surface area contributed by atoms with Gasteiger partial charge in [-0.15, -0.1) is 0 Å². The number of ether oxygens (including phenoxy) is 1. The average Bonchev–Trinajstić information content (AvgIpc) is 2.69. The van der Waals surface area contributed by atoms with Crippen molar-refractivity contribution in [1.82, 2.24) is 20.1 Å². The van der Waals surface area contributed by atoms with Gasteiger partial charge in [-0.25, -0.2) is 4.79 Å². The van der Waals surface area contributed by atoms with Crippen molar-refractivity contribution in [2.45, 2.75) is 52.4 Å². The second kappa shape index (κ2) is 9.74. The lowest BCUT2D eigenvalue weighted by Crippen LogP contribution is -2.57. The van der Waals surface area contributed by atoms with E-state index in [0.29, 0.717) is 6.20 Å². The predicted molar refractivity (Wildman–Crippen MR) is 110 cm³/mol. The van der Waals surface area contributed by atoms with Crippen molar-refractivity contribution < 1.29 is 32.3 Å². The van der Waals surface area contributed by atoms with E-state index in [1.165, 1.54) is 4.90 Å². The Kier molecular flexibility index (Phi) is 7.74. The van der Waals surface area contributed by atoms with Gasteiger partial charge in [-0.2, -0.15) is 13.2 Å². The Hall–Kier alpha value is -2.85. The molecule has 0 spiro atoms. The van der Waals surface area contributed by atoms with E-state index >= 15 is 0 Å². The molecular formula is C21H29F3N4O4. The standard InChI is InChI=1S/C21H29F3N4O4/c1-13(2)16(26-19(31)32-20(3,4)5)18(30)28-10-8-27(9-11-28)17(29)15-7-6-14(12-25-15)21(22,23)24/h6-7,12-13,16H,8-11H2,1-5H3,(H,26,31)/t16-/m0/s1. The summed E-state index contributed by atoms with van der Waals surface area (Å²) in [5.41, 5.74) is -1.72. The first-order valence-electron chi connectivity index (χ1n) is 10.3. The van der Waals surface area contributed by atoms with E-state index in [4.69, 9.17) is 4.74 Å². The zero-order chi connectivity index (χ0) is 24.3. The van der Waals surface area contributed by atoms with Gasteiger partial charge >= 0.3 is 12.3 Å². The highest BCUT2D eigenvalue weighted by molar-refractivity contribution is 5.92. The topological polar surface area (TPSA) is 91.8 Å². The lowest BCUT2D eigenvalue weighted by atomic mass is 10.0. The maximum atomic E-state index is 13.0. The lowest BCUT2D eigenvalue weighted by Gasteiger charge is -2.37. The number of aromatic nitrogens is 1. The number of carbonyl (C=O) groups is 3. The summed E-state index contributed by atoms with van der Waals surface area (Å²) in [6.07, 6.45) is -4.59. The number of halogens is 3. The molecular weight excluding hydrogens is 429 g/mol. The summed E-state index contributed by atoms with van der Waals surface area (Å²) in [5, 5.41) is 2.61. The fourth-order valence-corrected chi connectivity index (χ4v) is 3.12. The molecule has 0 unspecified atom stereocenters. The first-order chi connectivity index (χ1) is 14.7. The van der Waals surface area contributed by atoms with Gasteiger partial charge in [-0.3, -0.25) is 14.6 Å². The van der Waals surface area contributed by atoms with Crippen molar-refractivity contribution in [1.29, 1.82) is 0 Å². The number of alkyl carbamates (subject to hydrolysis) is 1. The highest BCUT2D eigenvalue weighted by Gasteiger charge is 2.34. The van der Waals surface area contributed by atoms with Crippen LogP contribution in [0.4, 0.5) is 18.0 Å². The lowest BCUT2D eigenvalue weighted by molar-refractivity contribution is -0.138. The van der Waals surface area contributed by atoms with Gasteiger partial charge in [0, 0.05) is 32.4 Å². The summed E-state index contributed by atoms with van der Waals surface area (Å²) in [6.45, 7) is 9.62. The van der Waals surface area contributed by atoms with Gasteiger partial charge < -0.3 is 19.9 Å². The van der Waals surface area contributed by atoms with Gasteiger partial charge in [-0.05, 0) is 38.8 Å². The van der Waals surface area contributed by atoms with Gasteiger partial charge in [0.05, 0.1) is 5.56 Å². The van der Waals surface area contributed by atoms with E-state index in [0.717, 1.165) is 12.1 Å². The van der Waals surface area contributed by atoms with E-state index in [1.54, 1.807) is 39.5 Å². The number of nitrogens with zero attached hydrogens (tertiary/aromatic N) is 3. The van der Waals surface area contributed by atoms with Crippen molar-refractivity contribution in [2.24, 2.45) is 5.92 Å². The van der Waals surface area contributed by atoms with E-state index in [9.17, 15) is 27.6 Å². The molecule has 178 valence electrons. The molecule has 1 aromatic heterocycles. The van der Waals surface area contributed by atoms with Gasteiger partial charge in [-0.1, -0.05) is 13.8 Å². The summed E-state index contributed by atoms with van der Waals surface area (Å²) < 4.78 is 43.2. The van der Waals surface area contributed by atoms with E-state index in [-0.39, 0.29) is 43.7 Å². The number of alkyl halides is 3. The van der Waals surface area contributed by atoms with E-state index < -0.39 is 35.4 Å². The number of nitrogens with one attached hydrogen (secondary N) is 1. The Bertz CT molecular complexity index is 827. The van der Waals surface area contributed by atoms with Crippen LogP contribution in [-0.4, -0.2) is 70.5 Å². The summed E-state index contributed by atoms with van der Waals surface area (Å²) in [5.74, 6) is -0.977. The summed E-state index contributed by atoms with van der Waals surface area (Å²) >= 11 is 0. The third-order valence-electron chi connectivity index (χ3n) is 4.79. The molecule has 1 aromatic rings. The van der Waals surface area contributed by atoms with Crippen molar-refractivity contribution in [2.75, 3.05) is 26.2 Å². The first kappa shape index (κ1) is 25.4. The quantitative estimate of drug-likeness (QED) is 0.749. The van der Waals surface area contributed by atoms with Gasteiger partial charge in [0.15, 0.2) is 0 Å². The van der Waals surface area contributed by atoms with Crippen LogP contribution in [0.1, 0.15) is 50.7 Å². The molecule has 11 heteroatoms. The molecule has 32 heavy (non-hydrogen) atoms. The molecule has 1 aliphatic rings. The van der Waals surface area contributed by atoms with Crippen LogP contribution in [0.15, 0.2) is 18.3 Å². The highest BCUT2D eigenvalue weighted by Crippen LogP contribution is 2.28. The minimum absolute atomic E-state index is 0.0931. The Balaban J connectivity index is 1.97. The molecule has 0 saturated carbocycles. The molecule has 0 aromatic carbocycles. The molecule has 2 heterocycles. The average molecular weight is 458 g/mol. The van der Waals surface area contributed by atoms with Crippen LogP contribution in [0.2, 0.25) is 0 Å². The number of piperazine rings is 1. The second-order valence-corrected chi connectivity index (χ2v) is 8.92. The minimum atomic E-state index is -4.53. The molecule has 0 aliphatic carbocycles. The molecule has 8 nitrogen and oxygen atoms in total. The van der Waals surface area contributed by atoms with Gasteiger partial charge in [0.1, 0.15) is 17.3 Å². The molecule has 1 saturated heterocycles. The Morgan fingerprint density at radius 2 is 1.59 bits per heavy atom. The molecule has 2 rings (SSSR count). The van der Waals surface area contributed by atoms with Crippen LogP contribution in [0.25, 0.3) is 0 Å². The van der Waals surface area contributed by atoms with Crippen LogP contribution >= 0.6 is 0 Å². The minimum Gasteiger partial charge on any atom is -0.444 e. The van der Waals surface area contributed by atoms with Crippen LogP contribution in [0.5, 0.6) is 0 Å². The monoisotopic (exact) mass is 458 g/mol. The van der Waals surface area contributed by atoms with Gasteiger partial charge in [0.25, 0.3) is 5.91 Å². The van der Waals surface area contributed by atoms with Crippen LogP contribution in [0.3, 0.4) is 0 Å². The smallest absolute Gasteiger partial charge is 0.417 e. The van der Waals surface area contributed by atoms with Crippen molar-refractivity contribution in [3.05, 3.63) is 29.6 Å². The zero-order valence-electron chi connectivity index (χ0n) is 18.8. The molecule has 1 aliphatic heterocycles. The van der Waals surface area contributed by atoms with E-state index in [1.807, 2.05) is 0 Å². The fraction of sp³-hybridized carbons (Fsp3) is 0.619. The SMILES string of the molecule is CC(C)[C@H](NC(=O)OC(C)(C)C)C(=O)N1CCN(C(=O)c2ccc(C(F)(F)F)cn2)CC1. The summed E-state index contributed by atoms with van der Waals surface area (Å²) in [7, 11) is 0. The number of hydrogen-bond acceptors (Lipinski definition) is 5. The number of amides is 3.